The molecule has 0 saturated carbocycles. The van der Waals surface area contributed by atoms with Crippen molar-refractivity contribution in [1.82, 2.24) is 9.88 Å². The van der Waals surface area contributed by atoms with Crippen molar-refractivity contribution in [1.29, 1.82) is 0 Å². The van der Waals surface area contributed by atoms with Gasteiger partial charge in [-0.05, 0) is 23.9 Å². The summed E-state index contributed by atoms with van der Waals surface area (Å²) in [7, 11) is 0. The van der Waals surface area contributed by atoms with Gasteiger partial charge in [-0.3, -0.25) is 4.79 Å². The second kappa shape index (κ2) is 6.30. The molecule has 0 amide bonds. The summed E-state index contributed by atoms with van der Waals surface area (Å²) in [5.74, 6) is -1.73. The first-order valence-electron chi connectivity index (χ1n) is 6.17. The molecule has 0 radical (unpaired) electrons. The number of halogens is 4. The van der Waals surface area contributed by atoms with E-state index in [1.54, 1.807) is 47.7 Å². The van der Waals surface area contributed by atoms with Crippen LogP contribution >= 0.6 is 11.6 Å². The zero-order valence-corrected chi connectivity index (χ0v) is 11.6. The normalized spacial score (nSPS) is 18.1. The van der Waals surface area contributed by atoms with E-state index in [1.165, 1.54) is 0 Å². The van der Waals surface area contributed by atoms with Crippen molar-refractivity contribution in [3.63, 3.8) is 0 Å². The number of hydrogen-bond acceptors (Lipinski definition) is 3. The number of carbonyl (C=O) groups excluding carboxylic acids is 1. The molecule has 0 aliphatic carbocycles. The summed E-state index contributed by atoms with van der Waals surface area (Å²) < 4.78 is 37.1. The van der Waals surface area contributed by atoms with Crippen LogP contribution in [-0.4, -0.2) is 27.9 Å². The first kappa shape index (κ1) is 15.6. The first-order chi connectivity index (χ1) is 9.86. The van der Waals surface area contributed by atoms with Crippen LogP contribution in [-0.2, 0) is 11.3 Å². The maximum absolute atomic E-state index is 12.4. The summed E-state index contributed by atoms with van der Waals surface area (Å²) in [5, 5.41) is 0.344. The fraction of sp³-hybridized carbons (Fsp3) is 0.286. The van der Waals surface area contributed by atoms with Gasteiger partial charge >= 0.3 is 6.18 Å². The molecular formula is C14H12ClF3N2O. The number of Topliss-reactive ketones (excluding diaryl/α,β-unsaturated/α-hetero) is 1. The molecule has 0 bridgehead atoms. The van der Waals surface area contributed by atoms with Crippen LogP contribution in [0, 0.1) is 0 Å². The molecule has 0 N–H and O–H groups in total. The standard InChI is InChI=1S/C14H12ClF3N2O/c15-13-5-4-10(8-19-13)9-20-6-2-1-3-11(20)7-12(21)14(16,17)18/h1-6,8,11H,7,9H2. The van der Waals surface area contributed by atoms with Gasteiger partial charge in [0.2, 0.25) is 5.78 Å². The van der Waals surface area contributed by atoms with Crippen LogP contribution in [0.4, 0.5) is 13.2 Å². The van der Waals surface area contributed by atoms with Gasteiger partial charge in [0.05, 0.1) is 6.04 Å². The third kappa shape index (κ3) is 4.32. The molecule has 0 aromatic carbocycles. The van der Waals surface area contributed by atoms with Gasteiger partial charge in [0, 0.05) is 19.2 Å². The minimum atomic E-state index is -4.80. The van der Waals surface area contributed by atoms with Gasteiger partial charge in [0.1, 0.15) is 5.15 Å². The molecule has 1 aromatic heterocycles. The highest BCUT2D eigenvalue weighted by molar-refractivity contribution is 6.29. The number of carbonyl (C=O) groups is 1. The lowest BCUT2D eigenvalue weighted by Crippen LogP contribution is -2.36. The van der Waals surface area contributed by atoms with Gasteiger partial charge in [0.15, 0.2) is 0 Å². The molecule has 21 heavy (non-hydrogen) atoms. The maximum Gasteiger partial charge on any atom is 0.450 e. The molecule has 1 aromatic rings. The lowest BCUT2D eigenvalue weighted by Gasteiger charge is -2.30. The number of rotatable bonds is 4. The van der Waals surface area contributed by atoms with E-state index in [-0.39, 0.29) is 0 Å². The Morgan fingerprint density at radius 1 is 1.33 bits per heavy atom. The third-order valence-corrected chi connectivity index (χ3v) is 3.24. The van der Waals surface area contributed by atoms with E-state index < -0.39 is 24.4 Å². The summed E-state index contributed by atoms with van der Waals surface area (Å²) in [6, 6.07) is 2.72. The zero-order valence-electron chi connectivity index (χ0n) is 10.8. The van der Waals surface area contributed by atoms with Crippen LogP contribution < -0.4 is 0 Å². The maximum atomic E-state index is 12.4. The van der Waals surface area contributed by atoms with E-state index in [4.69, 9.17) is 11.6 Å². The highest BCUT2D eigenvalue weighted by atomic mass is 35.5. The van der Waals surface area contributed by atoms with Gasteiger partial charge in [-0.15, -0.1) is 0 Å². The van der Waals surface area contributed by atoms with Crippen molar-refractivity contribution >= 4 is 17.4 Å². The van der Waals surface area contributed by atoms with Crippen molar-refractivity contribution in [2.24, 2.45) is 0 Å². The minimum absolute atomic E-state index is 0.344. The molecule has 1 unspecified atom stereocenters. The second-order valence-corrected chi connectivity index (χ2v) is 4.97. The molecule has 0 saturated heterocycles. The molecule has 2 heterocycles. The Balaban J connectivity index is 2.06. The second-order valence-electron chi connectivity index (χ2n) is 4.58. The number of aromatic nitrogens is 1. The fourth-order valence-electron chi connectivity index (χ4n) is 1.95. The first-order valence-corrected chi connectivity index (χ1v) is 6.55. The monoisotopic (exact) mass is 316 g/mol. The van der Waals surface area contributed by atoms with Crippen LogP contribution in [0.25, 0.3) is 0 Å². The zero-order chi connectivity index (χ0) is 15.5. The van der Waals surface area contributed by atoms with Crippen molar-refractivity contribution in [2.75, 3.05) is 0 Å². The molecule has 1 atom stereocenters. The Hall–Kier alpha value is -1.82. The van der Waals surface area contributed by atoms with E-state index in [9.17, 15) is 18.0 Å². The number of allylic oxidation sites excluding steroid dienone is 2. The Morgan fingerprint density at radius 3 is 2.71 bits per heavy atom. The van der Waals surface area contributed by atoms with Crippen LogP contribution in [0.3, 0.4) is 0 Å². The molecule has 112 valence electrons. The number of alkyl halides is 3. The van der Waals surface area contributed by atoms with Crippen LogP contribution in [0.15, 0.2) is 42.8 Å². The number of ketones is 1. The van der Waals surface area contributed by atoms with E-state index >= 15 is 0 Å². The molecule has 0 fully saturated rings. The summed E-state index contributed by atoms with van der Waals surface area (Å²) in [5.41, 5.74) is 0.795. The van der Waals surface area contributed by atoms with Crippen molar-refractivity contribution in [3.05, 3.63) is 53.5 Å². The predicted octanol–water partition coefficient (Wildman–Crippen LogP) is 3.51. The van der Waals surface area contributed by atoms with E-state index in [0.717, 1.165) is 5.56 Å². The minimum Gasteiger partial charge on any atom is -0.366 e. The molecule has 3 nitrogen and oxygen atoms in total. The van der Waals surface area contributed by atoms with Crippen molar-refractivity contribution in [3.8, 4) is 0 Å². The highest BCUT2D eigenvalue weighted by Gasteiger charge is 2.39. The molecule has 0 spiro atoms. The molecule has 7 heteroatoms. The third-order valence-electron chi connectivity index (χ3n) is 3.01. The number of pyridine rings is 1. The van der Waals surface area contributed by atoms with Crippen molar-refractivity contribution in [2.45, 2.75) is 25.2 Å². The van der Waals surface area contributed by atoms with Crippen LogP contribution in [0.1, 0.15) is 12.0 Å². The van der Waals surface area contributed by atoms with Gasteiger partial charge in [-0.2, -0.15) is 13.2 Å². The topological polar surface area (TPSA) is 33.2 Å². The summed E-state index contributed by atoms with van der Waals surface area (Å²) in [4.78, 5) is 16.7. The SMILES string of the molecule is O=C(CC1C=CC=CN1Cc1ccc(Cl)nc1)C(F)(F)F. The average molecular weight is 317 g/mol. The Morgan fingerprint density at radius 2 is 2.10 bits per heavy atom. The molecule has 1 aliphatic rings. The molecule has 1 aliphatic heterocycles. The largest absolute Gasteiger partial charge is 0.450 e. The lowest BCUT2D eigenvalue weighted by molar-refractivity contribution is -0.171. The number of hydrogen-bond donors (Lipinski definition) is 0. The van der Waals surface area contributed by atoms with E-state index in [0.29, 0.717) is 11.7 Å². The van der Waals surface area contributed by atoms with Gasteiger partial charge < -0.3 is 4.90 Å². The highest BCUT2D eigenvalue weighted by Crippen LogP contribution is 2.23. The Labute approximate surface area is 124 Å². The lowest BCUT2D eigenvalue weighted by atomic mass is 10.1. The fourth-order valence-corrected chi connectivity index (χ4v) is 2.06. The van der Waals surface area contributed by atoms with Gasteiger partial charge in [0.25, 0.3) is 0 Å². The molecular weight excluding hydrogens is 305 g/mol. The number of nitrogens with zero attached hydrogens (tertiary/aromatic N) is 2. The van der Waals surface area contributed by atoms with Crippen molar-refractivity contribution < 1.29 is 18.0 Å². The molecule has 2 rings (SSSR count). The van der Waals surface area contributed by atoms with E-state index in [2.05, 4.69) is 4.98 Å². The summed E-state index contributed by atoms with van der Waals surface area (Å²) in [6.45, 7) is 0.348. The van der Waals surface area contributed by atoms with Crippen LogP contribution in [0.2, 0.25) is 5.15 Å². The summed E-state index contributed by atoms with van der Waals surface area (Å²) >= 11 is 5.68. The smallest absolute Gasteiger partial charge is 0.366 e. The predicted molar refractivity (Wildman–Crippen MR) is 72.5 cm³/mol. The van der Waals surface area contributed by atoms with E-state index in [1.807, 2.05) is 0 Å². The summed E-state index contributed by atoms with van der Waals surface area (Å²) in [6.07, 6.45) is 2.71. The van der Waals surface area contributed by atoms with Gasteiger partial charge in [-0.25, -0.2) is 4.98 Å². The quantitative estimate of drug-likeness (QED) is 0.797. The average Bonchev–Trinajstić information content (AvgIpc) is 2.42. The van der Waals surface area contributed by atoms with Gasteiger partial charge in [-0.1, -0.05) is 29.8 Å². The Bertz CT molecular complexity index is 567. The van der Waals surface area contributed by atoms with Crippen LogP contribution in [0.5, 0.6) is 0 Å². The Kier molecular flexibility index (Phi) is 4.67.